The number of carbonyl (C=O) groups is 2. The monoisotopic (exact) mass is 454 g/mol. The van der Waals surface area contributed by atoms with Crippen LogP contribution in [0.2, 0.25) is 10.0 Å². The Labute approximate surface area is 188 Å². The molecule has 6 nitrogen and oxygen atoms in total. The molecule has 4 rings (SSSR count). The first-order valence-corrected chi connectivity index (χ1v) is 9.99. The lowest BCUT2D eigenvalue weighted by Gasteiger charge is -2.24. The minimum Gasteiger partial charge on any atom is -0.507 e. The predicted octanol–water partition coefficient (Wildman–Crippen LogP) is 5.02. The van der Waals surface area contributed by atoms with Crippen LogP contribution in [0.4, 0.5) is 5.82 Å². The molecule has 0 saturated carbocycles. The van der Waals surface area contributed by atoms with Crippen molar-refractivity contribution in [2.75, 3.05) is 12.0 Å². The summed E-state index contributed by atoms with van der Waals surface area (Å²) in [5.74, 6) is -1.30. The molecule has 1 aliphatic heterocycles. The van der Waals surface area contributed by atoms with Crippen LogP contribution in [0.25, 0.3) is 5.76 Å². The number of nitrogens with zero attached hydrogens (tertiary/aromatic N) is 2. The number of aromatic nitrogens is 1. The topological polar surface area (TPSA) is 79.7 Å². The molecular formula is C23H16Cl2N2O4. The Morgan fingerprint density at radius 2 is 1.87 bits per heavy atom. The summed E-state index contributed by atoms with van der Waals surface area (Å²) in [6.07, 6.45) is 1.52. The number of halogens is 2. The highest BCUT2D eigenvalue weighted by Gasteiger charge is 2.47. The van der Waals surface area contributed by atoms with Crippen molar-refractivity contribution in [2.45, 2.75) is 6.04 Å². The van der Waals surface area contributed by atoms with Gasteiger partial charge in [-0.05, 0) is 48.0 Å². The number of pyridine rings is 1. The Morgan fingerprint density at radius 3 is 2.52 bits per heavy atom. The number of ether oxygens (including phenoxy) is 1. The standard InChI is InChI=1S/C23H16Cl2N2O4/c1-31-17-9-8-14(12-16(17)25)21(28)19-20(13-5-4-6-15(24)11-13)27(23(30)22(19)29)18-7-2-3-10-26-18/h2-12,20,28H,1H3/b21-19+/t20-/m1/s1. The van der Waals surface area contributed by atoms with E-state index in [2.05, 4.69) is 4.98 Å². The van der Waals surface area contributed by atoms with Crippen LogP contribution < -0.4 is 9.64 Å². The van der Waals surface area contributed by atoms with E-state index in [4.69, 9.17) is 27.9 Å². The Bertz CT molecular complexity index is 1210. The van der Waals surface area contributed by atoms with Crippen LogP contribution in [0.5, 0.6) is 5.75 Å². The number of methoxy groups -OCH3 is 1. The lowest BCUT2D eigenvalue weighted by atomic mass is 9.95. The number of hydrogen-bond donors (Lipinski definition) is 1. The molecule has 8 heteroatoms. The second-order valence-electron chi connectivity index (χ2n) is 6.76. The fourth-order valence-corrected chi connectivity index (χ4v) is 3.98. The molecule has 1 aliphatic rings. The SMILES string of the molecule is COc1ccc(/C(O)=C2\C(=O)C(=O)N(c3ccccn3)[C@@H]2c2cccc(Cl)c2)cc1Cl. The molecule has 2 heterocycles. The molecule has 1 N–H and O–H groups in total. The first kappa shape index (κ1) is 20.9. The number of anilines is 1. The maximum Gasteiger partial charge on any atom is 0.301 e. The van der Waals surface area contributed by atoms with Gasteiger partial charge in [-0.25, -0.2) is 4.98 Å². The molecule has 1 amide bonds. The molecule has 0 aliphatic carbocycles. The molecule has 0 unspecified atom stereocenters. The molecule has 156 valence electrons. The number of ketones is 1. The average Bonchev–Trinajstić information content (AvgIpc) is 3.04. The zero-order valence-electron chi connectivity index (χ0n) is 16.3. The fourth-order valence-electron chi connectivity index (χ4n) is 3.53. The first-order chi connectivity index (χ1) is 14.9. The van der Waals surface area contributed by atoms with Gasteiger partial charge in [-0.2, -0.15) is 0 Å². The Kier molecular flexibility index (Phi) is 5.67. The zero-order chi connectivity index (χ0) is 22.1. The van der Waals surface area contributed by atoms with Crippen LogP contribution in [-0.4, -0.2) is 28.9 Å². The van der Waals surface area contributed by atoms with Gasteiger partial charge in [0, 0.05) is 16.8 Å². The van der Waals surface area contributed by atoms with Gasteiger partial charge in [0.05, 0.1) is 23.7 Å². The van der Waals surface area contributed by atoms with Crippen LogP contribution in [0.15, 0.2) is 72.4 Å². The third-order valence-electron chi connectivity index (χ3n) is 4.93. The summed E-state index contributed by atoms with van der Waals surface area (Å²) in [7, 11) is 1.47. The smallest absolute Gasteiger partial charge is 0.301 e. The van der Waals surface area contributed by atoms with E-state index in [0.717, 1.165) is 0 Å². The molecule has 2 aromatic carbocycles. The lowest BCUT2D eigenvalue weighted by molar-refractivity contribution is -0.132. The van der Waals surface area contributed by atoms with E-state index in [1.165, 1.54) is 24.3 Å². The summed E-state index contributed by atoms with van der Waals surface area (Å²) >= 11 is 12.4. The maximum absolute atomic E-state index is 13.1. The van der Waals surface area contributed by atoms with Crippen LogP contribution in [0.1, 0.15) is 17.2 Å². The molecule has 1 aromatic heterocycles. The molecule has 0 radical (unpaired) electrons. The van der Waals surface area contributed by atoms with E-state index in [-0.39, 0.29) is 27.7 Å². The first-order valence-electron chi connectivity index (χ1n) is 9.23. The number of aliphatic hydroxyl groups is 1. The summed E-state index contributed by atoms with van der Waals surface area (Å²) in [5, 5.41) is 11.8. The van der Waals surface area contributed by atoms with Gasteiger partial charge in [-0.1, -0.05) is 41.4 Å². The fraction of sp³-hybridized carbons (Fsp3) is 0.0870. The van der Waals surface area contributed by atoms with Crippen molar-refractivity contribution in [1.82, 2.24) is 4.98 Å². The van der Waals surface area contributed by atoms with Gasteiger partial charge >= 0.3 is 5.91 Å². The van der Waals surface area contributed by atoms with Crippen molar-refractivity contribution in [3.63, 3.8) is 0 Å². The van der Waals surface area contributed by atoms with Gasteiger partial charge in [0.2, 0.25) is 0 Å². The van der Waals surface area contributed by atoms with Gasteiger partial charge < -0.3 is 9.84 Å². The third-order valence-corrected chi connectivity index (χ3v) is 5.46. The predicted molar refractivity (Wildman–Crippen MR) is 118 cm³/mol. The molecule has 1 atom stereocenters. The van der Waals surface area contributed by atoms with Gasteiger partial charge in [-0.15, -0.1) is 0 Å². The number of aliphatic hydroxyl groups excluding tert-OH is 1. The normalized spacial score (nSPS) is 17.8. The highest BCUT2D eigenvalue weighted by Crippen LogP contribution is 2.42. The summed E-state index contributed by atoms with van der Waals surface area (Å²) in [4.78, 5) is 31.5. The zero-order valence-corrected chi connectivity index (χ0v) is 17.8. The summed E-state index contributed by atoms with van der Waals surface area (Å²) < 4.78 is 5.14. The average molecular weight is 455 g/mol. The van der Waals surface area contributed by atoms with Gasteiger partial charge in [-0.3, -0.25) is 14.5 Å². The molecular weight excluding hydrogens is 439 g/mol. The molecule has 0 spiro atoms. The number of benzene rings is 2. The van der Waals surface area contributed by atoms with Gasteiger partial charge in [0.25, 0.3) is 5.78 Å². The van der Waals surface area contributed by atoms with Gasteiger partial charge in [0.15, 0.2) is 0 Å². The van der Waals surface area contributed by atoms with Crippen LogP contribution in [-0.2, 0) is 9.59 Å². The maximum atomic E-state index is 13.1. The van der Waals surface area contributed by atoms with Crippen LogP contribution >= 0.6 is 23.2 Å². The van der Waals surface area contributed by atoms with Crippen LogP contribution in [0, 0.1) is 0 Å². The van der Waals surface area contributed by atoms with E-state index in [9.17, 15) is 14.7 Å². The van der Waals surface area contributed by atoms with Crippen molar-refractivity contribution in [1.29, 1.82) is 0 Å². The highest BCUT2D eigenvalue weighted by molar-refractivity contribution is 6.51. The van der Waals surface area contributed by atoms with Crippen molar-refractivity contribution in [3.8, 4) is 5.75 Å². The molecule has 1 saturated heterocycles. The molecule has 0 bridgehead atoms. The van der Waals surface area contributed by atoms with Crippen molar-refractivity contribution < 1.29 is 19.4 Å². The summed E-state index contributed by atoms with van der Waals surface area (Å²) in [6.45, 7) is 0. The van der Waals surface area contributed by atoms with E-state index in [1.807, 2.05) is 0 Å². The highest BCUT2D eigenvalue weighted by atomic mass is 35.5. The minimum atomic E-state index is -0.922. The Morgan fingerprint density at radius 1 is 1.06 bits per heavy atom. The van der Waals surface area contributed by atoms with Crippen molar-refractivity contribution >= 4 is 46.5 Å². The quantitative estimate of drug-likeness (QED) is 0.340. The summed E-state index contributed by atoms with van der Waals surface area (Å²) in [6, 6.07) is 15.5. The second-order valence-corrected chi connectivity index (χ2v) is 7.61. The number of hydrogen-bond acceptors (Lipinski definition) is 5. The number of amides is 1. The number of Topliss-reactive ketones (excluding diaryl/α,β-unsaturated/α-hetero) is 1. The van der Waals surface area contributed by atoms with Crippen molar-refractivity contribution in [3.05, 3.63) is 93.6 Å². The molecule has 3 aromatic rings. The van der Waals surface area contributed by atoms with Gasteiger partial charge in [0.1, 0.15) is 17.3 Å². The van der Waals surface area contributed by atoms with E-state index < -0.39 is 17.7 Å². The largest absolute Gasteiger partial charge is 0.507 e. The van der Waals surface area contributed by atoms with Crippen molar-refractivity contribution in [2.24, 2.45) is 0 Å². The Hall–Kier alpha value is -3.35. The second kappa shape index (κ2) is 8.41. The van der Waals surface area contributed by atoms with E-state index in [1.54, 1.807) is 54.6 Å². The lowest BCUT2D eigenvalue weighted by Crippen LogP contribution is -2.30. The molecule has 1 fully saturated rings. The number of rotatable bonds is 4. The Balaban J connectivity index is 1.94. The van der Waals surface area contributed by atoms with E-state index in [0.29, 0.717) is 16.3 Å². The summed E-state index contributed by atoms with van der Waals surface area (Å²) in [5.41, 5.74) is 0.745. The minimum absolute atomic E-state index is 0.0841. The third kappa shape index (κ3) is 3.76. The molecule has 31 heavy (non-hydrogen) atoms. The number of carbonyl (C=O) groups excluding carboxylic acids is 2. The van der Waals surface area contributed by atoms with E-state index >= 15 is 0 Å². The van der Waals surface area contributed by atoms with Crippen LogP contribution in [0.3, 0.4) is 0 Å².